The number of rotatable bonds is 4. The number of carbonyl (C=O) groups is 2. The fraction of sp³-hybridized carbons (Fsp3) is 0. The summed E-state index contributed by atoms with van der Waals surface area (Å²) >= 11 is 5.78. The second kappa shape index (κ2) is 5.90. The van der Waals surface area contributed by atoms with Crippen LogP contribution in [0.1, 0.15) is 20.7 Å². The number of nitrogen functional groups attached to an aromatic ring is 1. The molecule has 0 unspecified atom stereocenters. The van der Waals surface area contributed by atoms with Crippen LogP contribution in [0.5, 0.6) is 0 Å². The fourth-order valence-electron chi connectivity index (χ4n) is 1.96. The van der Waals surface area contributed by atoms with Crippen LogP contribution in [0.4, 0.5) is 5.69 Å². The van der Waals surface area contributed by atoms with E-state index in [1.165, 1.54) is 12.1 Å². The van der Waals surface area contributed by atoms with Gasteiger partial charge in [-0.25, -0.2) is 18.0 Å². The van der Waals surface area contributed by atoms with Gasteiger partial charge in [0.2, 0.25) is 9.84 Å². The Labute approximate surface area is 135 Å². The zero-order valence-electron chi connectivity index (χ0n) is 11.4. The molecule has 0 aliphatic rings. The third-order valence-corrected chi connectivity index (χ3v) is 5.21. The minimum absolute atomic E-state index is 0.321. The summed E-state index contributed by atoms with van der Waals surface area (Å²) in [6.07, 6.45) is 0. The van der Waals surface area contributed by atoms with E-state index >= 15 is 0 Å². The van der Waals surface area contributed by atoms with Crippen LogP contribution in [0.2, 0.25) is 5.02 Å². The number of benzene rings is 2. The molecule has 0 aliphatic carbocycles. The molecule has 23 heavy (non-hydrogen) atoms. The first-order valence-electron chi connectivity index (χ1n) is 6.06. The average molecular weight is 356 g/mol. The zero-order chi connectivity index (χ0) is 17.4. The molecule has 0 aliphatic heterocycles. The molecule has 2 aromatic carbocycles. The van der Waals surface area contributed by atoms with Crippen molar-refractivity contribution in [1.29, 1.82) is 0 Å². The van der Waals surface area contributed by atoms with Crippen LogP contribution in [-0.4, -0.2) is 30.6 Å². The Kier molecular flexibility index (Phi) is 4.31. The smallest absolute Gasteiger partial charge is 0.337 e. The highest BCUT2D eigenvalue weighted by Gasteiger charge is 2.27. The van der Waals surface area contributed by atoms with E-state index in [0.29, 0.717) is 0 Å². The van der Waals surface area contributed by atoms with E-state index in [1.54, 1.807) is 0 Å². The predicted molar refractivity (Wildman–Crippen MR) is 81.7 cm³/mol. The van der Waals surface area contributed by atoms with Crippen molar-refractivity contribution in [3.05, 3.63) is 52.5 Å². The van der Waals surface area contributed by atoms with Crippen molar-refractivity contribution >= 4 is 39.1 Å². The van der Waals surface area contributed by atoms with Crippen LogP contribution in [0.15, 0.2) is 46.2 Å². The van der Waals surface area contributed by atoms with E-state index in [0.717, 1.165) is 24.3 Å². The molecule has 2 rings (SSSR count). The first-order valence-corrected chi connectivity index (χ1v) is 7.92. The standard InChI is InChI=1S/C14H10ClNO6S/c15-9-6-12(10(16)5-8(9)14(19)20)23(21,22)11-4-2-1-3-7(11)13(17)18/h1-6H,16H2,(H,17,18)(H,19,20). The van der Waals surface area contributed by atoms with Gasteiger partial charge in [0.15, 0.2) is 0 Å². The molecule has 0 spiro atoms. The molecular formula is C14H10ClNO6S. The SMILES string of the molecule is Nc1cc(C(=O)O)c(Cl)cc1S(=O)(=O)c1ccccc1C(=O)O. The van der Waals surface area contributed by atoms with Gasteiger partial charge < -0.3 is 15.9 Å². The first-order chi connectivity index (χ1) is 10.7. The van der Waals surface area contributed by atoms with Gasteiger partial charge >= 0.3 is 11.9 Å². The molecule has 9 heteroatoms. The fourth-order valence-corrected chi connectivity index (χ4v) is 3.86. The van der Waals surface area contributed by atoms with Crippen molar-refractivity contribution in [1.82, 2.24) is 0 Å². The molecule has 0 bridgehead atoms. The van der Waals surface area contributed by atoms with E-state index in [-0.39, 0.29) is 16.3 Å². The lowest BCUT2D eigenvalue weighted by Gasteiger charge is -2.11. The Bertz CT molecular complexity index is 923. The van der Waals surface area contributed by atoms with E-state index in [4.69, 9.17) is 27.5 Å². The lowest BCUT2D eigenvalue weighted by molar-refractivity contribution is 0.0684. The van der Waals surface area contributed by atoms with Crippen LogP contribution < -0.4 is 5.73 Å². The molecule has 4 N–H and O–H groups in total. The summed E-state index contributed by atoms with van der Waals surface area (Å²) in [5.41, 5.74) is 4.51. The van der Waals surface area contributed by atoms with Gasteiger partial charge in [-0.2, -0.15) is 0 Å². The van der Waals surface area contributed by atoms with Gasteiger partial charge in [0, 0.05) is 0 Å². The molecule has 0 atom stereocenters. The van der Waals surface area contributed by atoms with Crippen molar-refractivity contribution in [3.63, 3.8) is 0 Å². The minimum atomic E-state index is -4.29. The number of hydrogen-bond acceptors (Lipinski definition) is 5. The highest BCUT2D eigenvalue weighted by molar-refractivity contribution is 7.91. The molecule has 2 aromatic rings. The molecule has 0 fully saturated rings. The number of nitrogens with two attached hydrogens (primary N) is 1. The van der Waals surface area contributed by atoms with Gasteiger partial charge in [-0.1, -0.05) is 23.7 Å². The summed E-state index contributed by atoms with van der Waals surface area (Å²) in [5, 5.41) is 17.7. The molecule has 7 nitrogen and oxygen atoms in total. The Hall–Kier alpha value is -2.58. The van der Waals surface area contributed by atoms with Crippen LogP contribution in [0.3, 0.4) is 0 Å². The number of halogens is 1. The molecule has 0 heterocycles. The Morgan fingerprint density at radius 3 is 2.09 bits per heavy atom. The quantitative estimate of drug-likeness (QED) is 0.715. The van der Waals surface area contributed by atoms with Gasteiger partial charge in [-0.15, -0.1) is 0 Å². The van der Waals surface area contributed by atoms with Crippen LogP contribution in [0, 0.1) is 0 Å². The Morgan fingerprint density at radius 2 is 1.52 bits per heavy atom. The highest BCUT2D eigenvalue weighted by atomic mass is 35.5. The Morgan fingerprint density at radius 1 is 0.957 bits per heavy atom. The molecule has 120 valence electrons. The molecule has 0 amide bonds. The largest absolute Gasteiger partial charge is 0.478 e. The molecule has 0 aromatic heterocycles. The molecular weight excluding hydrogens is 346 g/mol. The maximum Gasteiger partial charge on any atom is 0.337 e. The monoisotopic (exact) mass is 355 g/mol. The van der Waals surface area contributed by atoms with Crippen molar-refractivity contribution in [2.24, 2.45) is 0 Å². The van der Waals surface area contributed by atoms with Crippen molar-refractivity contribution in [2.45, 2.75) is 9.79 Å². The first kappa shape index (κ1) is 16.8. The van der Waals surface area contributed by atoms with Gasteiger partial charge in [0.05, 0.1) is 31.6 Å². The van der Waals surface area contributed by atoms with Crippen LogP contribution >= 0.6 is 11.6 Å². The Balaban J connectivity index is 2.74. The third-order valence-electron chi connectivity index (χ3n) is 3.03. The maximum absolute atomic E-state index is 12.7. The van der Waals surface area contributed by atoms with Crippen LogP contribution in [0.25, 0.3) is 0 Å². The van der Waals surface area contributed by atoms with Crippen molar-refractivity contribution in [3.8, 4) is 0 Å². The van der Waals surface area contributed by atoms with E-state index in [1.807, 2.05) is 0 Å². The second-order valence-electron chi connectivity index (χ2n) is 4.48. The van der Waals surface area contributed by atoms with E-state index < -0.39 is 37.1 Å². The molecule has 0 saturated carbocycles. The number of aromatic carboxylic acids is 2. The normalized spacial score (nSPS) is 11.2. The summed E-state index contributed by atoms with van der Waals surface area (Å²) in [6, 6.07) is 6.82. The van der Waals surface area contributed by atoms with Crippen molar-refractivity contribution in [2.75, 3.05) is 5.73 Å². The average Bonchev–Trinajstić information content (AvgIpc) is 2.48. The number of anilines is 1. The van der Waals surface area contributed by atoms with Gasteiger partial charge in [0.1, 0.15) is 0 Å². The minimum Gasteiger partial charge on any atom is -0.478 e. The highest BCUT2D eigenvalue weighted by Crippen LogP contribution is 2.32. The maximum atomic E-state index is 12.7. The van der Waals surface area contributed by atoms with Gasteiger partial charge in [0.25, 0.3) is 0 Å². The summed E-state index contributed by atoms with van der Waals surface area (Å²) in [4.78, 5) is 21.3. The number of carboxylic acids is 2. The number of sulfone groups is 1. The number of carboxylic acid groups (broad SMARTS) is 2. The van der Waals surface area contributed by atoms with Gasteiger partial charge in [-0.05, 0) is 24.3 Å². The lowest BCUT2D eigenvalue weighted by Crippen LogP contribution is -2.12. The third kappa shape index (κ3) is 2.99. The van der Waals surface area contributed by atoms with Gasteiger partial charge in [-0.3, -0.25) is 0 Å². The van der Waals surface area contributed by atoms with Crippen molar-refractivity contribution < 1.29 is 28.2 Å². The second-order valence-corrected chi connectivity index (χ2v) is 6.77. The number of hydrogen-bond donors (Lipinski definition) is 3. The summed E-state index contributed by atoms with van der Waals surface area (Å²) in [6.45, 7) is 0. The topological polar surface area (TPSA) is 135 Å². The van der Waals surface area contributed by atoms with E-state index in [2.05, 4.69) is 0 Å². The summed E-state index contributed by atoms with van der Waals surface area (Å²) in [7, 11) is -4.29. The predicted octanol–water partition coefficient (Wildman–Crippen LogP) is 2.15. The summed E-state index contributed by atoms with van der Waals surface area (Å²) < 4.78 is 25.3. The van der Waals surface area contributed by atoms with E-state index in [9.17, 15) is 18.0 Å². The molecule has 0 saturated heterocycles. The zero-order valence-corrected chi connectivity index (χ0v) is 12.9. The summed E-state index contributed by atoms with van der Waals surface area (Å²) in [5.74, 6) is -2.78. The lowest BCUT2D eigenvalue weighted by atomic mass is 10.2. The molecule has 0 radical (unpaired) electrons. The van der Waals surface area contributed by atoms with Crippen LogP contribution in [-0.2, 0) is 9.84 Å².